The standard InChI is InChI=1S/C9H11N5O2S/c10-3-1-5-14(6-2-4-11)17(15,16)9-7-12-8-13-9/h7-8H,1-2,5-6H2,(H,12,13). The largest absolute Gasteiger partial charge is 0.335 e. The summed E-state index contributed by atoms with van der Waals surface area (Å²) in [4.78, 5) is 6.14. The Balaban J connectivity index is 2.90. The lowest BCUT2D eigenvalue weighted by atomic mass is 10.4. The number of aromatic nitrogens is 2. The molecule has 0 saturated carbocycles. The number of nitriles is 2. The van der Waals surface area contributed by atoms with Crippen LogP contribution in [0.2, 0.25) is 0 Å². The highest BCUT2D eigenvalue weighted by atomic mass is 32.2. The van der Waals surface area contributed by atoms with Crippen LogP contribution in [0.25, 0.3) is 0 Å². The van der Waals surface area contributed by atoms with Crippen molar-refractivity contribution >= 4 is 10.0 Å². The van der Waals surface area contributed by atoms with E-state index in [1.807, 2.05) is 12.1 Å². The van der Waals surface area contributed by atoms with Crippen molar-refractivity contribution in [2.24, 2.45) is 0 Å². The van der Waals surface area contributed by atoms with Gasteiger partial charge in [-0.1, -0.05) is 0 Å². The number of H-pyrrole nitrogens is 1. The molecule has 1 N–H and O–H groups in total. The number of sulfonamides is 1. The second-order valence-electron chi connectivity index (χ2n) is 3.14. The highest BCUT2D eigenvalue weighted by Gasteiger charge is 2.24. The molecular weight excluding hydrogens is 242 g/mol. The first kappa shape index (κ1) is 13.2. The van der Waals surface area contributed by atoms with E-state index < -0.39 is 10.0 Å². The van der Waals surface area contributed by atoms with Crippen LogP contribution in [0.5, 0.6) is 0 Å². The lowest BCUT2D eigenvalue weighted by Crippen LogP contribution is -2.33. The van der Waals surface area contributed by atoms with E-state index >= 15 is 0 Å². The molecule has 0 unspecified atom stereocenters. The van der Waals surface area contributed by atoms with Crippen LogP contribution in [0.4, 0.5) is 0 Å². The maximum Gasteiger partial charge on any atom is 0.260 e. The molecular formula is C9H11N5O2S. The maximum atomic E-state index is 12.0. The second-order valence-corrected chi connectivity index (χ2v) is 5.04. The normalized spacial score (nSPS) is 11.0. The summed E-state index contributed by atoms with van der Waals surface area (Å²) >= 11 is 0. The van der Waals surface area contributed by atoms with Crippen molar-refractivity contribution in [1.29, 1.82) is 10.5 Å². The van der Waals surface area contributed by atoms with Gasteiger partial charge >= 0.3 is 0 Å². The summed E-state index contributed by atoms with van der Waals surface area (Å²) in [6, 6.07) is 3.75. The van der Waals surface area contributed by atoms with Gasteiger partial charge in [-0.3, -0.25) is 0 Å². The summed E-state index contributed by atoms with van der Waals surface area (Å²) in [5.41, 5.74) is 0. The molecule has 1 aromatic heterocycles. The lowest BCUT2D eigenvalue weighted by molar-refractivity contribution is 0.423. The fourth-order valence-corrected chi connectivity index (χ4v) is 2.56. The third-order valence-electron chi connectivity index (χ3n) is 2.04. The zero-order valence-electron chi connectivity index (χ0n) is 9.00. The fourth-order valence-electron chi connectivity index (χ4n) is 1.22. The first-order valence-corrected chi connectivity index (χ1v) is 6.29. The third-order valence-corrected chi connectivity index (χ3v) is 3.86. The minimum Gasteiger partial charge on any atom is -0.335 e. The van der Waals surface area contributed by atoms with Gasteiger partial charge in [-0.2, -0.15) is 14.8 Å². The molecule has 90 valence electrons. The molecule has 0 amide bonds. The van der Waals surface area contributed by atoms with E-state index in [1.54, 1.807) is 0 Å². The summed E-state index contributed by atoms with van der Waals surface area (Å²) in [5, 5.41) is 16.9. The molecule has 0 bridgehead atoms. The number of hydrogen-bond acceptors (Lipinski definition) is 5. The molecule has 0 radical (unpaired) electrons. The quantitative estimate of drug-likeness (QED) is 0.779. The van der Waals surface area contributed by atoms with Crippen molar-refractivity contribution in [3.63, 3.8) is 0 Å². The van der Waals surface area contributed by atoms with Crippen molar-refractivity contribution in [1.82, 2.24) is 14.3 Å². The molecule has 0 atom stereocenters. The number of hydrogen-bond donors (Lipinski definition) is 1. The number of imidazole rings is 1. The number of aromatic amines is 1. The molecule has 0 aliphatic rings. The predicted molar refractivity (Wildman–Crippen MR) is 57.8 cm³/mol. The van der Waals surface area contributed by atoms with Gasteiger partial charge in [0.15, 0.2) is 5.03 Å². The van der Waals surface area contributed by atoms with Gasteiger partial charge < -0.3 is 4.98 Å². The Morgan fingerprint density at radius 2 is 1.88 bits per heavy atom. The molecule has 0 spiro atoms. The van der Waals surface area contributed by atoms with Gasteiger partial charge in [0.1, 0.15) is 0 Å². The van der Waals surface area contributed by atoms with Crippen LogP contribution < -0.4 is 0 Å². The zero-order valence-corrected chi connectivity index (χ0v) is 9.81. The Hall–Kier alpha value is -1.90. The van der Waals surface area contributed by atoms with E-state index in [-0.39, 0.29) is 31.0 Å². The summed E-state index contributed by atoms with van der Waals surface area (Å²) < 4.78 is 25.2. The molecule has 1 heterocycles. The van der Waals surface area contributed by atoms with E-state index in [9.17, 15) is 8.42 Å². The van der Waals surface area contributed by atoms with E-state index in [2.05, 4.69) is 9.97 Å². The van der Waals surface area contributed by atoms with Crippen molar-refractivity contribution in [2.75, 3.05) is 13.1 Å². The van der Waals surface area contributed by atoms with Gasteiger partial charge in [-0.25, -0.2) is 13.4 Å². The Kier molecular flexibility index (Phi) is 4.64. The van der Waals surface area contributed by atoms with Crippen molar-refractivity contribution in [3.8, 4) is 12.1 Å². The molecule has 1 aromatic rings. The highest BCUT2D eigenvalue weighted by molar-refractivity contribution is 7.89. The first-order valence-electron chi connectivity index (χ1n) is 4.85. The van der Waals surface area contributed by atoms with Gasteiger partial charge in [0.25, 0.3) is 10.0 Å². The molecule has 0 aliphatic carbocycles. The second kappa shape index (κ2) is 5.99. The Morgan fingerprint density at radius 3 is 2.29 bits per heavy atom. The monoisotopic (exact) mass is 253 g/mol. The minimum absolute atomic E-state index is 0.0339. The van der Waals surface area contributed by atoms with Crippen LogP contribution >= 0.6 is 0 Å². The summed E-state index contributed by atoms with van der Waals surface area (Å²) in [6.07, 6.45) is 2.62. The van der Waals surface area contributed by atoms with Crippen LogP contribution in [-0.4, -0.2) is 35.8 Å². The number of nitrogens with one attached hydrogen (secondary N) is 1. The SMILES string of the molecule is N#CCCN(CCC#N)S(=O)(=O)c1cnc[nH]1. The summed E-state index contributed by atoms with van der Waals surface area (Å²) in [6.45, 7) is 0.138. The van der Waals surface area contributed by atoms with E-state index in [4.69, 9.17) is 10.5 Å². The topological polar surface area (TPSA) is 114 Å². The number of rotatable bonds is 6. The predicted octanol–water partition coefficient (Wildman–Crippen LogP) is 0.228. The Labute approximate surface area is 99.4 Å². The molecule has 0 aromatic carbocycles. The third kappa shape index (κ3) is 3.28. The van der Waals surface area contributed by atoms with Crippen LogP contribution in [0.15, 0.2) is 17.6 Å². The minimum atomic E-state index is -3.69. The van der Waals surface area contributed by atoms with Crippen LogP contribution in [0.1, 0.15) is 12.8 Å². The lowest BCUT2D eigenvalue weighted by Gasteiger charge is -2.18. The summed E-state index contributed by atoms with van der Waals surface area (Å²) in [5.74, 6) is 0. The Morgan fingerprint density at radius 1 is 1.29 bits per heavy atom. The molecule has 0 fully saturated rings. The van der Waals surface area contributed by atoms with Gasteiger partial charge in [0.2, 0.25) is 0 Å². The van der Waals surface area contributed by atoms with Gasteiger partial charge in [-0.15, -0.1) is 0 Å². The van der Waals surface area contributed by atoms with Crippen LogP contribution in [0.3, 0.4) is 0 Å². The zero-order chi connectivity index (χ0) is 12.7. The molecule has 1 rings (SSSR count). The molecule has 7 nitrogen and oxygen atoms in total. The molecule has 0 saturated heterocycles. The van der Waals surface area contributed by atoms with Crippen molar-refractivity contribution < 1.29 is 8.42 Å². The van der Waals surface area contributed by atoms with Gasteiger partial charge in [0, 0.05) is 25.9 Å². The summed E-state index contributed by atoms with van der Waals surface area (Å²) in [7, 11) is -3.69. The first-order chi connectivity index (χ1) is 8.12. The van der Waals surface area contributed by atoms with E-state index in [1.165, 1.54) is 12.5 Å². The molecule has 17 heavy (non-hydrogen) atoms. The van der Waals surface area contributed by atoms with E-state index in [0.717, 1.165) is 4.31 Å². The van der Waals surface area contributed by atoms with Crippen LogP contribution in [0, 0.1) is 22.7 Å². The van der Waals surface area contributed by atoms with Crippen LogP contribution in [-0.2, 0) is 10.0 Å². The van der Waals surface area contributed by atoms with Gasteiger partial charge in [-0.05, 0) is 0 Å². The van der Waals surface area contributed by atoms with E-state index in [0.29, 0.717) is 0 Å². The van der Waals surface area contributed by atoms with Crippen molar-refractivity contribution in [3.05, 3.63) is 12.5 Å². The maximum absolute atomic E-state index is 12.0. The average molecular weight is 253 g/mol. The van der Waals surface area contributed by atoms with Gasteiger partial charge in [0.05, 0.1) is 24.7 Å². The highest BCUT2D eigenvalue weighted by Crippen LogP contribution is 2.12. The molecule has 0 aliphatic heterocycles. The average Bonchev–Trinajstić information content (AvgIpc) is 2.83. The fraction of sp³-hybridized carbons (Fsp3) is 0.444. The van der Waals surface area contributed by atoms with Crippen molar-refractivity contribution in [2.45, 2.75) is 17.9 Å². The Bertz CT molecular complexity index is 505. The number of nitrogens with zero attached hydrogens (tertiary/aromatic N) is 4. The molecule has 8 heteroatoms. The smallest absolute Gasteiger partial charge is 0.260 e.